The molecule has 1 heterocycles. The van der Waals surface area contributed by atoms with Crippen LogP contribution >= 0.6 is 11.3 Å². The van der Waals surface area contributed by atoms with Crippen molar-refractivity contribution in [1.82, 2.24) is 9.88 Å². The smallest absolute Gasteiger partial charge is 0.253 e. The zero-order valence-electron chi connectivity index (χ0n) is 12.8. The molecule has 0 bridgehead atoms. The van der Waals surface area contributed by atoms with Gasteiger partial charge in [0, 0.05) is 24.0 Å². The molecule has 22 heavy (non-hydrogen) atoms. The van der Waals surface area contributed by atoms with Gasteiger partial charge in [0.2, 0.25) is 0 Å². The Morgan fingerprint density at radius 1 is 1.27 bits per heavy atom. The van der Waals surface area contributed by atoms with E-state index < -0.39 is 0 Å². The van der Waals surface area contributed by atoms with E-state index >= 15 is 0 Å². The summed E-state index contributed by atoms with van der Waals surface area (Å²) in [6, 6.07) is 7.49. The van der Waals surface area contributed by atoms with Crippen LogP contribution in [-0.2, 0) is 25.9 Å². The number of benzene rings is 1. The maximum absolute atomic E-state index is 12.5. The molecule has 1 aliphatic carbocycles. The van der Waals surface area contributed by atoms with E-state index in [4.69, 9.17) is 10.7 Å². The molecule has 0 saturated heterocycles. The maximum atomic E-state index is 12.5. The highest BCUT2D eigenvalue weighted by Gasteiger charge is 2.18. The lowest BCUT2D eigenvalue weighted by molar-refractivity contribution is 0.0785. The van der Waals surface area contributed by atoms with Crippen LogP contribution in [0.15, 0.2) is 24.3 Å². The number of amides is 1. The molecule has 0 aliphatic heterocycles. The van der Waals surface area contributed by atoms with Crippen LogP contribution in [0, 0.1) is 0 Å². The molecule has 0 saturated carbocycles. The fourth-order valence-electron chi connectivity index (χ4n) is 2.75. The molecule has 1 aromatic heterocycles. The fraction of sp³-hybridized carbons (Fsp3) is 0.412. The number of nitrogens with zero attached hydrogens (tertiary/aromatic N) is 2. The van der Waals surface area contributed by atoms with Gasteiger partial charge < -0.3 is 10.6 Å². The van der Waals surface area contributed by atoms with Gasteiger partial charge in [0.05, 0.1) is 12.2 Å². The summed E-state index contributed by atoms with van der Waals surface area (Å²) < 4.78 is 0. The Balaban J connectivity index is 1.68. The molecular formula is C17H21N3OS. The van der Waals surface area contributed by atoms with E-state index in [9.17, 15) is 4.79 Å². The molecule has 2 aromatic rings. The van der Waals surface area contributed by atoms with Gasteiger partial charge in [-0.15, -0.1) is 11.3 Å². The average molecular weight is 315 g/mol. The Labute approximate surface area is 135 Å². The van der Waals surface area contributed by atoms with E-state index in [1.165, 1.54) is 23.4 Å². The van der Waals surface area contributed by atoms with Crippen LogP contribution in [0.3, 0.4) is 0 Å². The third kappa shape index (κ3) is 3.20. The van der Waals surface area contributed by atoms with E-state index in [0.29, 0.717) is 18.7 Å². The molecule has 0 radical (unpaired) electrons. The number of rotatable bonds is 4. The second-order valence-electron chi connectivity index (χ2n) is 5.75. The standard InChI is InChI=1S/C17H21N3OS/c1-20(17(21)13-8-6-12(10-18)7-9-13)11-16-19-14-4-2-3-5-15(14)22-16/h6-9H,2-5,10-11,18H2,1H3. The van der Waals surface area contributed by atoms with Gasteiger partial charge in [-0.25, -0.2) is 4.98 Å². The first-order valence-electron chi connectivity index (χ1n) is 7.69. The van der Waals surface area contributed by atoms with Crippen molar-refractivity contribution in [3.8, 4) is 0 Å². The molecule has 0 unspecified atom stereocenters. The second-order valence-corrected chi connectivity index (χ2v) is 6.92. The van der Waals surface area contributed by atoms with Gasteiger partial charge >= 0.3 is 0 Å². The van der Waals surface area contributed by atoms with Crippen molar-refractivity contribution in [1.29, 1.82) is 0 Å². The zero-order chi connectivity index (χ0) is 15.5. The van der Waals surface area contributed by atoms with Crippen molar-refractivity contribution in [2.75, 3.05) is 7.05 Å². The molecule has 3 rings (SSSR count). The van der Waals surface area contributed by atoms with Gasteiger partial charge in [0.1, 0.15) is 5.01 Å². The first kappa shape index (κ1) is 15.2. The minimum absolute atomic E-state index is 0.0248. The first-order chi connectivity index (χ1) is 10.7. The number of nitrogens with two attached hydrogens (primary N) is 1. The molecular weight excluding hydrogens is 294 g/mol. The molecule has 1 aliphatic rings. The molecule has 4 nitrogen and oxygen atoms in total. The summed E-state index contributed by atoms with van der Waals surface area (Å²) in [5.41, 5.74) is 8.56. The van der Waals surface area contributed by atoms with Crippen molar-refractivity contribution >= 4 is 17.2 Å². The quantitative estimate of drug-likeness (QED) is 0.944. The number of hydrogen-bond acceptors (Lipinski definition) is 4. The number of thiazole rings is 1. The average Bonchev–Trinajstić information content (AvgIpc) is 2.96. The SMILES string of the molecule is CN(Cc1nc2c(s1)CCCC2)C(=O)c1ccc(CN)cc1. The number of aryl methyl sites for hydroxylation is 2. The van der Waals surface area contributed by atoms with E-state index in [0.717, 1.165) is 23.4 Å². The molecule has 1 aromatic carbocycles. The van der Waals surface area contributed by atoms with Crippen molar-refractivity contribution in [3.63, 3.8) is 0 Å². The minimum atomic E-state index is 0.0248. The molecule has 2 N–H and O–H groups in total. The largest absolute Gasteiger partial charge is 0.335 e. The molecule has 0 fully saturated rings. The van der Waals surface area contributed by atoms with Crippen LogP contribution in [0.25, 0.3) is 0 Å². The summed E-state index contributed by atoms with van der Waals surface area (Å²) in [4.78, 5) is 20.3. The van der Waals surface area contributed by atoms with Gasteiger partial charge in [-0.3, -0.25) is 4.79 Å². The Hall–Kier alpha value is -1.72. The zero-order valence-corrected chi connectivity index (χ0v) is 13.7. The van der Waals surface area contributed by atoms with Crippen molar-refractivity contribution in [2.24, 2.45) is 5.73 Å². The number of carbonyl (C=O) groups is 1. The van der Waals surface area contributed by atoms with Gasteiger partial charge in [0.15, 0.2) is 0 Å². The van der Waals surface area contributed by atoms with Crippen LogP contribution in [0.5, 0.6) is 0 Å². The highest BCUT2D eigenvalue weighted by molar-refractivity contribution is 7.11. The molecule has 0 spiro atoms. The summed E-state index contributed by atoms with van der Waals surface area (Å²) in [6.07, 6.45) is 4.73. The lowest BCUT2D eigenvalue weighted by Gasteiger charge is -2.15. The summed E-state index contributed by atoms with van der Waals surface area (Å²) in [5.74, 6) is 0.0248. The number of hydrogen-bond donors (Lipinski definition) is 1. The third-order valence-corrected chi connectivity index (χ3v) is 5.19. The van der Waals surface area contributed by atoms with Gasteiger partial charge in [-0.2, -0.15) is 0 Å². The maximum Gasteiger partial charge on any atom is 0.253 e. The minimum Gasteiger partial charge on any atom is -0.335 e. The third-order valence-electron chi connectivity index (χ3n) is 4.05. The topological polar surface area (TPSA) is 59.2 Å². The van der Waals surface area contributed by atoms with Crippen LogP contribution in [0.2, 0.25) is 0 Å². The monoisotopic (exact) mass is 315 g/mol. The van der Waals surface area contributed by atoms with Crippen LogP contribution in [0.1, 0.15) is 44.3 Å². The highest BCUT2D eigenvalue weighted by atomic mass is 32.1. The lowest BCUT2D eigenvalue weighted by atomic mass is 10.0. The van der Waals surface area contributed by atoms with Crippen molar-refractivity contribution in [2.45, 2.75) is 38.8 Å². The fourth-order valence-corrected chi connectivity index (χ4v) is 3.96. The van der Waals surface area contributed by atoms with Gasteiger partial charge in [0.25, 0.3) is 5.91 Å². The van der Waals surface area contributed by atoms with E-state index in [2.05, 4.69) is 0 Å². The number of fused-ring (bicyclic) bond motifs is 1. The predicted octanol–water partition coefficient (Wildman–Crippen LogP) is 2.75. The predicted molar refractivity (Wildman–Crippen MR) is 88.9 cm³/mol. The highest BCUT2D eigenvalue weighted by Crippen LogP contribution is 2.27. The van der Waals surface area contributed by atoms with E-state index in [1.54, 1.807) is 16.2 Å². The Morgan fingerprint density at radius 3 is 2.68 bits per heavy atom. The van der Waals surface area contributed by atoms with Gasteiger partial charge in [-0.1, -0.05) is 12.1 Å². The van der Waals surface area contributed by atoms with E-state index in [1.807, 2.05) is 31.3 Å². The number of aromatic nitrogens is 1. The molecule has 1 amide bonds. The molecule has 5 heteroatoms. The summed E-state index contributed by atoms with van der Waals surface area (Å²) in [5, 5.41) is 1.04. The first-order valence-corrected chi connectivity index (χ1v) is 8.51. The summed E-state index contributed by atoms with van der Waals surface area (Å²) in [7, 11) is 1.83. The second kappa shape index (κ2) is 6.58. The van der Waals surface area contributed by atoms with Gasteiger partial charge in [-0.05, 0) is 43.4 Å². The van der Waals surface area contributed by atoms with Crippen molar-refractivity contribution < 1.29 is 4.79 Å². The molecule has 0 atom stereocenters. The normalized spacial score (nSPS) is 13.7. The van der Waals surface area contributed by atoms with Crippen LogP contribution < -0.4 is 5.73 Å². The van der Waals surface area contributed by atoms with E-state index in [-0.39, 0.29) is 5.91 Å². The Bertz CT molecular complexity index is 640. The molecule has 116 valence electrons. The summed E-state index contributed by atoms with van der Waals surface area (Å²) in [6.45, 7) is 1.07. The summed E-state index contributed by atoms with van der Waals surface area (Å²) >= 11 is 1.76. The number of carbonyl (C=O) groups excluding carboxylic acids is 1. The van der Waals surface area contributed by atoms with Crippen molar-refractivity contribution in [3.05, 3.63) is 51.0 Å². The Kier molecular flexibility index (Phi) is 4.55. The van der Waals surface area contributed by atoms with Crippen LogP contribution in [-0.4, -0.2) is 22.8 Å². The van der Waals surface area contributed by atoms with Crippen LogP contribution in [0.4, 0.5) is 0 Å². The lowest BCUT2D eigenvalue weighted by Crippen LogP contribution is -2.26. The Morgan fingerprint density at radius 2 is 2.00 bits per heavy atom.